The van der Waals surface area contributed by atoms with Gasteiger partial charge < -0.3 is 9.88 Å². The van der Waals surface area contributed by atoms with E-state index in [-0.39, 0.29) is 11.3 Å². The molecule has 1 atom stereocenters. The van der Waals surface area contributed by atoms with Gasteiger partial charge in [0.25, 0.3) is 0 Å². The molecule has 0 saturated heterocycles. The van der Waals surface area contributed by atoms with Crippen LogP contribution in [-0.4, -0.2) is 29.3 Å². The van der Waals surface area contributed by atoms with Crippen LogP contribution in [0.2, 0.25) is 10.3 Å². The van der Waals surface area contributed by atoms with Crippen molar-refractivity contribution in [3.05, 3.63) is 40.0 Å². The van der Waals surface area contributed by atoms with E-state index in [0.717, 1.165) is 11.7 Å². The molecule has 102 valence electrons. The largest absolute Gasteiger partial charge is 0.361 e. The maximum absolute atomic E-state index is 12.3. The summed E-state index contributed by atoms with van der Waals surface area (Å²) in [5, 5.41) is 4.58. The van der Waals surface area contributed by atoms with Crippen molar-refractivity contribution in [2.24, 2.45) is 0 Å². The number of nitrogens with one attached hydrogen (secondary N) is 1. The minimum Gasteiger partial charge on any atom is -0.361 e. The third kappa shape index (κ3) is 3.59. The number of nitrogens with zero attached hydrogens (tertiary/aromatic N) is 2. The van der Waals surface area contributed by atoms with Gasteiger partial charge in [0.15, 0.2) is 0 Å². The Labute approximate surface area is 122 Å². The average molecular weight is 318 g/mol. The summed E-state index contributed by atoms with van der Waals surface area (Å²) in [7, 11) is -2.33. The van der Waals surface area contributed by atoms with Crippen molar-refractivity contribution in [3.63, 3.8) is 0 Å². The minimum atomic E-state index is -2.33. The molecule has 0 radical (unpaired) electrons. The number of aromatic nitrogens is 2. The number of halogens is 2. The summed E-state index contributed by atoms with van der Waals surface area (Å²) in [6.07, 6.45) is 7.99. The Morgan fingerprint density at radius 3 is 2.84 bits per heavy atom. The number of anilines is 1. The highest BCUT2D eigenvalue weighted by molar-refractivity contribution is 7.66. The van der Waals surface area contributed by atoms with E-state index in [4.69, 9.17) is 23.2 Å². The fourth-order valence-corrected chi connectivity index (χ4v) is 3.56. The predicted molar refractivity (Wildman–Crippen MR) is 80.8 cm³/mol. The second-order valence-electron chi connectivity index (χ2n) is 4.64. The lowest BCUT2D eigenvalue weighted by Gasteiger charge is -2.26. The summed E-state index contributed by atoms with van der Waals surface area (Å²) >= 11 is 11.8. The van der Waals surface area contributed by atoms with Gasteiger partial charge >= 0.3 is 0 Å². The first-order valence-corrected chi connectivity index (χ1v) is 9.10. The standard InChI is InChI=1S/C12H14Cl2N3OP/c1-19(2,18)10-6-4-3-5-9(10)16-11-8(13)7-15-12(14)17-11/h3-4,6-7,9H,5H2,1-2H3,(H,15,16,17). The van der Waals surface area contributed by atoms with E-state index < -0.39 is 7.14 Å². The fourth-order valence-electron chi connectivity index (χ4n) is 1.92. The van der Waals surface area contributed by atoms with Gasteiger partial charge in [-0.25, -0.2) is 4.98 Å². The topological polar surface area (TPSA) is 54.9 Å². The number of hydrogen-bond donors (Lipinski definition) is 1. The van der Waals surface area contributed by atoms with E-state index in [2.05, 4.69) is 15.3 Å². The van der Waals surface area contributed by atoms with Crippen molar-refractivity contribution in [3.8, 4) is 0 Å². The maximum atomic E-state index is 12.3. The monoisotopic (exact) mass is 317 g/mol. The van der Waals surface area contributed by atoms with Crippen LogP contribution in [0.4, 0.5) is 5.82 Å². The van der Waals surface area contributed by atoms with Crippen LogP contribution >= 0.6 is 30.3 Å². The quantitative estimate of drug-likeness (QED) is 0.675. The molecule has 1 N–H and O–H groups in total. The van der Waals surface area contributed by atoms with Gasteiger partial charge in [-0.1, -0.05) is 29.8 Å². The zero-order chi connectivity index (χ0) is 14.0. The van der Waals surface area contributed by atoms with Crippen molar-refractivity contribution < 1.29 is 4.57 Å². The third-order valence-corrected chi connectivity index (χ3v) is 4.94. The summed E-state index contributed by atoms with van der Waals surface area (Å²) in [5.74, 6) is 0.460. The molecule has 2 rings (SSSR count). The molecule has 0 aliphatic heterocycles. The van der Waals surface area contributed by atoms with E-state index in [1.165, 1.54) is 6.20 Å². The molecule has 1 aliphatic rings. The first kappa shape index (κ1) is 14.6. The minimum absolute atomic E-state index is 0.0886. The van der Waals surface area contributed by atoms with Gasteiger partial charge in [-0.2, -0.15) is 4.98 Å². The Bertz CT molecular complexity index is 595. The van der Waals surface area contributed by atoms with Crippen LogP contribution < -0.4 is 5.32 Å². The Morgan fingerprint density at radius 1 is 1.42 bits per heavy atom. The zero-order valence-electron chi connectivity index (χ0n) is 10.6. The fraction of sp³-hybridized carbons (Fsp3) is 0.333. The summed E-state index contributed by atoms with van der Waals surface area (Å²) in [4.78, 5) is 7.85. The normalized spacial score (nSPS) is 19.2. The second kappa shape index (κ2) is 5.66. The first-order chi connectivity index (χ1) is 8.88. The highest BCUT2D eigenvalue weighted by atomic mass is 35.5. The average Bonchev–Trinajstić information content (AvgIpc) is 2.33. The van der Waals surface area contributed by atoms with E-state index in [1.807, 2.05) is 18.2 Å². The van der Waals surface area contributed by atoms with Crippen LogP contribution in [0.25, 0.3) is 0 Å². The van der Waals surface area contributed by atoms with E-state index in [1.54, 1.807) is 13.3 Å². The zero-order valence-corrected chi connectivity index (χ0v) is 13.0. The van der Waals surface area contributed by atoms with Gasteiger partial charge in [-0.05, 0) is 31.4 Å². The smallest absolute Gasteiger partial charge is 0.224 e. The summed E-state index contributed by atoms with van der Waals surface area (Å²) in [6, 6.07) is -0.0886. The van der Waals surface area contributed by atoms with Gasteiger partial charge in [0.05, 0.1) is 12.2 Å². The van der Waals surface area contributed by atoms with E-state index in [0.29, 0.717) is 10.8 Å². The van der Waals surface area contributed by atoms with Gasteiger partial charge in [0.1, 0.15) is 18.0 Å². The molecule has 7 heteroatoms. The Morgan fingerprint density at radius 2 is 2.16 bits per heavy atom. The van der Waals surface area contributed by atoms with E-state index >= 15 is 0 Å². The lowest BCUT2D eigenvalue weighted by Crippen LogP contribution is -2.23. The molecule has 19 heavy (non-hydrogen) atoms. The van der Waals surface area contributed by atoms with Gasteiger partial charge in [-0.15, -0.1) is 0 Å². The van der Waals surface area contributed by atoms with Gasteiger partial charge in [-0.3, -0.25) is 0 Å². The lowest BCUT2D eigenvalue weighted by atomic mass is 10.1. The highest BCUT2D eigenvalue weighted by Gasteiger charge is 2.25. The van der Waals surface area contributed by atoms with E-state index in [9.17, 15) is 4.57 Å². The Hall–Kier alpha value is -0.830. The number of allylic oxidation sites excluding steroid dienone is 2. The first-order valence-electron chi connectivity index (χ1n) is 5.75. The lowest BCUT2D eigenvalue weighted by molar-refractivity contribution is 0.583. The van der Waals surface area contributed by atoms with Crippen LogP contribution in [0.15, 0.2) is 29.7 Å². The molecule has 0 amide bonds. The molecule has 4 nitrogen and oxygen atoms in total. The van der Waals surface area contributed by atoms with Crippen LogP contribution in [0.3, 0.4) is 0 Å². The molecule has 1 unspecified atom stereocenters. The van der Waals surface area contributed by atoms with Crippen LogP contribution in [0.5, 0.6) is 0 Å². The molecule has 1 aromatic heterocycles. The second-order valence-corrected chi connectivity index (χ2v) is 8.60. The molecule has 0 fully saturated rings. The van der Waals surface area contributed by atoms with Crippen molar-refractivity contribution in [2.75, 3.05) is 18.6 Å². The van der Waals surface area contributed by atoms with Crippen molar-refractivity contribution in [2.45, 2.75) is 12.5 Å². The summed E-state index contributed by atoms with van der Waals surface area (Å²) < 4.78 is 12.3. The maximum Gasteiger partial charge on any atom is 0.224 e. The molecule has 0 bridgehead atoms. The summed E-state index contributed by atoms with van der Waals surface area (Å²) in [6.45, 7) is 3.50. The highest BCUT2D eigenvalue weighted by Crippen LogP contribution is 2.50. The SMILES string of the molecule is CP(C)(=O)C1=CC=CCC1Nc1nc(Cl)ncc1Cl. The molecule has 0 aromatic carbocycles. The molecule has 0 spiro atoms. The predicted octanol–water partition coefficient (Wildman–Crippen LogP) is 4.03. The molecule has 1 heterocycles. The van der Waals surface area contributed by atoms with Crippen LogP contribution in [-0.2, 0) is 4.57 Å². The van der Waals surface area contributed by atoms with Gasteiger partial charge in [0, 0.05) is 5.31 Å². The van der Waals surface area contributed by atoms with Gasteiger partial charge in [0.2, 0.25) is 5.28 Å². The molecule has 1 aliphatic carbocycles. The third-order valence-electron chi connectivity index (χ3n) is 2.78. The Kier molecular flexibility index (Phi) is 4.34. The van der Waals surface area contributed by atoms with Crippen molar-refractivity contribution in [1.29, 1.82) is 0 Å². The molecule has 0 saturated carbocycles. The molecule has 1 aromatic rings. The van der Waals surface area contributed by atoms with Crippen LogP contribution in [0.1, 0.15) is 6.42 Å². The molecular formula is C12H14Cl2N3OP. The molecular weight excluding hydrogens is 304 g/mol. The number of rotatable bonds is 3. The Balaban J connectivity index is 2.28. The van der Waals surface area contributed by atoms with Crippen LogP contribution in [0, 0.1) is 0 Å². The van der Waals surface area contributed by atoms with Crippen molar-refractivity contribution in [1.82, 2.24) is 9.97 Å². The van der Waals surface area contributed by atoms with Crippen molar-refractivity contribution >= 4 is 36.2 Å². The summed E-state index contributed by atoms with van der Waals surface area (Å²) in [5.41, 5.74) is 0. The number of hydrogen-bond acceptors (Lipinski definition) is 4.